The minimum atomic E-state index is -0.661. The number of hydrogen-bond donors (Lipinski definition) is 0. The van der Waals surface area contributed by atoms with Gasteiger partial charge in [-0.05, 0) is 103 Å². The second kappa shape index (κ2) is 13.9. The first kappa shape index (κ1) is 35.5. The van der Waals surface area contributed by atoms with Crippen LogP contribution in [0.5, 0.6) is 0 Å². The zero-order valence-corrected chi connectivity index (χ0v) is 34.5. The van der Waals surface area contributed by atoms with Crippen molar-refractivity contribution in [2.45, 2.75) is 5.41 Å². The number of fused-ring (bicyclic) bond motifs is 14. The van der Waals surface area contributed by atoms with E-state index >= 15 is 0 Å². The summed E-state index contributed by atoms with van der Waals surface area (Å²) in [6.45, 7) is 0. The Kier molecular flexibility index (Phi) is 7.85. The molecule has 294 valence electrons. The Hall–Kier alpha value is -8.20. The molecule has 0 bridgehead atoms. The Morgan fingerprint density at radius 2 is 0.683 bits per heavy atom. The minimum absolute atomic E-state index is 0.661. The van der Waals surface area contributed by atoms with Gasteiger partial charge in [-0.1, -0.05) is 194 Å². The number of nitrogens with zero attached hydrogens (tertiary/aromatic N) is 2. The Morgan fingerprint density at radius 3 is 1.29 bits per heavy atom. The van der Waals surface area contributed by atoms with Crippen molar-refractivity contribution in [1.82, 2.24) is 0 Å². The van der Waals surface area contributed by atoms with Crippen molar-refractivity contribution < 1.29 is 0 Å². The number of para-hydroxylation sites is 2. The van der Waals surface area contributed by atoms with Crippen molar-refractivity contribution in [3.05, 3.63) is 265 Å². The summed E-state index contributed by atoms with van der Waals surface area (Å²) in [6.07, 6.45) is 0. The first-order chi connectivity index (χ1) is 31.3. The number of hydrogen-bond acceptors (Lipinski definition) is 2. The predicted molar refractivity (Wildman–Crippen MR) is 265 cm³/mol. The summed E-state index contributed by atoms with van der Waals surface area (Å²) in [5, 5.41) is 7.31. The minimum Gasteiger partial charge on any atom is -0.309 e. The van der Waals surface area contributed by atoms with E-state index in [2.05, 4.69) is 252 Å². The summed E-state index contributed by atoms with van der Waals surface area (Å²) in [5.74, 6) is 0. The van der Waals surface area contributed by atoms with Gasteiger partial charge in [0.15, 0.2) is 0 Å². The predicted octanol–water partition coefficient (Wildman–Crippen LogP) is 16.4. The number of anilines is 6. The molecule has 0 aliphatic heterocycles. The molecule has 0 saturated carbocycles. The maximum Gasteiger partial charge on any atom is 0.0747 e. The Bertz CT molecular complexity index is 3580. The van der Waals surface area contributed by atoms with Crippen LogP contribution in [0.4, 0.5) is 34.1 Å². The molecule has 1 spiro atoms. The lowest BCUT2D eigenvalue weighted by Crippen LogP contribution is -2.28. The molecular weight excluding hydrogens is 761 g/mol. The zero-order chi connectivity index (χ0) is 41.5. The SMILES string of the molecule is c1ccc(N(c2cccc3c2-c2ccccc2C32c3ccccc3-c3c2c(N(c2ccccc2)c2cccc4ccccc24)cc2ccccc32)c2cccc3ccccc23)cc1. The van der Waals surface area contributed by atoms with Crippen LogP contribution in [0.3, 0.4) is 0 Å². The summed E-state index contributed by atoms with van der Waals surface area (Å²) in [4.78, 5) is 5.03. The zero-order valence-electron chi connectivity index (χ0n) is 34.5. The van der Waals surface area contributed by atoms with Crippen LogP contribution in [0, 0.1) is 0 Å². The van der Waals surface area contributed by atoms with Gasteiger partial charge >= 0.3 is 0 Å². The normalized spacial score (nSPS) is 14.4. The molecule has 0 fully saturated rings. The monoisotopic (exact) mass is 800 g/mol. The number of rotatable bonds is 6. The molecule has 1 unspecified atom stereocenters. The topological polar surface area (TPSA) is 6.48 Å². The van der Waals surface area contributed by atoms with E-state index in [0.717, 1.165) is 28.4 Å². The van der Waals surface area contributed by atoms with Crippen LogP contribution in [-0.2, 0) is 5.41 Å². The van der Waals surface area contributed by atoms with Crippen LogP contribution in [0.25, 0.3) is 54.6 Å². The summed E-state index contributed by atoms with van der Waals surface area (Å²) in [7, 11) is 0. The van der Waals surface area contributed by atoms with Gasteiger partial charge in [-0.25, -0.2) is 0 Å². The van der Waals surface area contributed by atoms with Crippen molar-refractivity contribution in [3.63, 3.8) is 0 Å². The van der Waals surface area contributed by atoms with E-state index in [1.54, 1.807) is 0 Å². The molecule has 0 radical (unpaired) electrons. The highest BCUT2D eigenvalue weighted by atomic mass is 15.2. The summed E-state index contributed by atoms with van der Waals surface area (Å²) in [5.41, 5.74) is 16.5. The third-order valence-electron chi connectivity index (χ3n) is 13.6. The smallest absolute Gasteiger partial charge is 0.0747 e. The van der Waals surface area contributed by atoms with E-state index in [1.165, 1.54) is 82.5 Å². The van der Waals surface area contributed by atoms with Crippen molar-refractivity contribution in [2.75, 3.05) is 9.80 Å². The molecule has 2 heteroatoms. The molecule has 0 N–H and O–H groups in total. The molecule has 0 saturated heterocycles. The molecule has 13 rings (SSSR count). The van der Waals surface area contributed by atoms with Crippen LogP contribution in [0.1, 0.15) is 22.3 Å². The lowest BCUT2D eigenvalue weighted by atomic mass is 9.69. The van der Waals surface area contributed by atoms with Crippen LogP contribution in [-0.4, -0.2) is 0 Å². The van der Waals surface area contributed by atoms with E-state index in [0.29, 0.717) is 0 Å². The van der Waals surface area contributed by atoms with Crippen LogP contribution in [0.15, 0.2) is 243 Å². The van der Waals surface area contributed by atoms with Gasteiger partial charge in [0.2, 0.25) is 0 Å². The van der Waals surface area contributed by atoms with Gasteiger partial charge in [0.25, 0.3) is 0 Å². The van der Waals surface area contributed by atoms with E-state index in [-0.39, 0.29) is 0 Å². The fourth-order valence-corrected chi connectivity index (χ4v) is 11.2. The Balaban J connectivity index is 1.20. The van der Waals surface area contributed by atoms with Crippen molar-refractivity contribution in [1.29, 1.82) is 0 Å². The molecule has 2 aliphatic rings. The van der Waals surface area contributed by atoms with E-state index in [9.17, 15) is 0 Å². The third kappa shape index (κ3) is 5.07. The Morgan fingerprint density at radius 1 is 0.270 bits per heavy atom. The van der Waals surface area contributed by atoms with Crippen molar-refractivity contribution >= 4 is 66.4 Å². The molecule has 11 aromatic rings. The van der Waals surface area contributed by atoms with Crippen LogP contribution < -0.4 is 9.80 Å². The van der Waals surface area contributed by atoms with Crippen molar-refractivity contribution in [2.24, 2.45) is 0 Å². The van der Waals surface area contributed by atoms with E-state index < -0.39 is 5.41 Å². The molecule has 1 atom stereocenters. The Labute approximate surface area is 367 Å². The molecule has 0 aromatic heterocycles. The molecule has 0 heterocycles. The van der Waals surface area contributed by atoms with Crippen LogP contribution >= 0.6 is 0 Å². The van der Waals surface area contributed by atoms with Gasteiger partial charge < -0.3 is 9.80 Å². The highest BCUT2D eigenvalue weighted by Gasteiger charge is 2.54. The molecule has 11 aromatic carbocycles. The van der Waals surface area contributed by atoms with Crippen LogP contribution in [0.2, 0.25) is 0 Å². The standard InChI is InChI=1S/C61H40N2/c1-3-25-44(26-4-1)62(54-37-17-23-41-20-7-10-29-46(41)54)56-39-19-36-53-59(56)50-33-14-16-35-52(50)61(53)51-34-15-13-32-49(51)58-48-31-12-9-22-43(48)40-57(60(58)61)63(45-27-5-2-6-28-45)55-38-18-24-42-21-8-11-30-47(42)55/h1-40H. The third-order valence-corrected chi connectivity index (χ3v) is 13.6. The van der Waals surface area contributed by atoms with Gasteiger partial charge in [0.05, 0.1) is 28.2 Å². The van der Waals surface area contributed by atoms with E-state index in [4.69, 9.17) is 0 Å². The highest BCUT2D eigenvalue weighted by molar-refractivity contribution is 6.13. The second-order valence-electron chi connectivity index (χ2n) is 16.7. The average molecular weight is 801 g/mol. The highest BCUT2D eigenvalue weighted by Crippen LogP contribution is 2.68. The maximum atomic E-state index is 2.54. The van der Waals surface area contributed by atoms with Gasteiger partial charge in [-0.2, -0.15) is 0 Å². The number of benzene rings is 11. The summed E-state index contributed by atoms with van der Waals surface area (Å²) >= 11 is 0. The first-order valence-electron chi connectivity index (χ1n) is 21.9. The molecule has 2 aliphatic carbocycles. The van der Waals surface area contributed by atoms with Gasteiger partial charge in [-0.3, -0.25) is 0 Å². The van der Waals surface area contributed by atoms with E-state index in [1.807, 2.05) is 0 Å². The fourth-order valence-electron chi connectivity index (χ4n) is 11.2. The van der Waals surface area contributed by atoms with Crippen molar-refractivity contribution in [3.8, 4) is 22.3 Å². The lowest BCUT2D eigenvalue weighted by Gasteiger charge is -2.37. The summed E-state index contributed by atoms with van der Waals surface area (Å²) in [6, 6.07) is 89.8. The first-order valence-corrected chi connectivity index (χ1v) is 21.9. The second-order valence-corrected chi connectivity index (χ2v) is 16.7. The van der Waals surface area contributed by atoms with Gasteiger partial charge in [0, 0.05) is 33.3 Å². The quantitative estimate of drug-likeness (QED) is 0.165. The van der Waals surface area contributed by atoms with Gasteiger partial charge in [0.1, 0.15) is 0 Å². The largest absolute Gasteiger partial charge is 0.309 e. The maximum absolute atomic E-state index is 2.54. The molecular formula is C61H40N2. The lowest BCUT2D eigenvalue weighted by molar-refractivity contribution is 0.793. The average Bonchev–Trinajstić information content (AvgIpc) is 3.84. The van der Waals surface area contributed by atoms with Gasteiger partial charge in [-0.15, -0.1) is 0 Å². The summed E-state index contributed by atoms with van der Waals surface area (Å²) < 4.78 is 0. The fraction of sp³-hybridized carbons (Fsp3) is 0.0164. The molecule has 0 amide bonds. The molecule has 2 nitrogen and oxygen atoms in total. The molecule has 63 heavy (non-hydrogen) atoms.